The molecule has 2 rings (SSSR count). The summed E-state index contributed by atoms with van der Waals surface area (Å²) in [6.07, 6.45) is 2.06. The third-order valence-corrected chi connectivity index (χ3v) is 3.34. The minimum atomic E-state index is -0.404. The van der Waals surface area contributed by atoms with Crippen LogP contribution in [0.5, 0.6) is 23.0 Å². The Kier molecular flexibility index (Phi) is 4.37. The van der Waals surface area contributed by atoms with Crippen molar-refractivity contribution in [3.05, 3.63) is 12.1 Å². The average molecular weight is 268 g/mol. The van der Waals surface area contributed by atoms with Crippen molar-refractivity contribution in [2.75, 3.05) is 21.3 Å². The molecule has 0 spiro atoms. The summed E-state index contributed by atoms with van der Waals surface area (Å²) < 4.78 is 21.6. The highest BCUT2D eigenvalue weighted by Gasteiger charge is 2.27. The van der Waals surface area contributed by atoms with E-state index in [1.54, 1.807) is 33.5 Å². The van der Waals surface area contributed by atoms with Crippen LogP contribution in [-0.2, 0) is 0 Å². The number of benzene rings is 1. The maximum Gasteiger partial charge on any atom is 0.203 e. The van der Waals surface area contributed by atoms with E-state index in [0.717, 1.165) is 19.3 Å². The summed E-state index contributed by atoms with van der Waals surface area (Å²) in [4.78, 5) is 0. The molecule has 1 aliphatic carbocycles. The Balaban J connectivity index is 2.25. The Morgan fingerprint density at radius 3 is 2.05 bits per heavy atom. The van der Waals surface area contributed by atoms with Crippen LogP contribution in [0.25, 0.3) is 0 Å². The molecule has 0 aliphatic heterocycles. The van der Waals surface area contributed by atoms with E-state index in [9.17, 15) is 5.11 Å². The number of methoxy groups -OCH3 is 3. The molecular weight excluding hydrogens is 248 g/mol. The molecule has 1 aromatic carbocycles. The van der Waals surface area contributed by atoms with Crippen LogP contribution in [0.3, 0.4) is 0 Å². The lowest BCUT2D eigenvalue weighted by Gasteiger charge is -2.19. The van der Waals surface area contributed by atoms with Gasteiger partial charge < -0.3 is 24.1 Å². The molecule has 2 unspecified atom stereocenters. The van der Waals surface area contributed by atoms with Crippen molar-refractivity contribution >= 4 is 0 Å². The molecule has 106 valence electrons. The Labute approximate surface area is 113 Å². The van der Waals surface area contributed by atoms with Crippen LogP contribution in [0.4, 0.5) is 0 Å². The highest BCUT2D eigenvalue weighted by Crippen LogP contribution is 2.41. The standard InChI is InChI=1S/C14H20O5/c1-16-12-7-9(8-13(17-2)14(12)18-3)19-11-6-4-5-10(11)15/h7-8,10-11,15H,4-6H2,1-3H3. The largest absolute Gasteiger partial charge is 0.493 e. The molecule has 0 saturated heterocycles. The molecule has 1 fully saturated rings. The first-order chi connectivity index (χ1) is 9.19. The Bertz CT molecular complexity index is 407. The minimum Gasteiger partial charge on any atom is -0.493 e. The van der Waals surface area contributed by atoms with Gasteiger partial charge in [-0.25, -0.2) is 0 Å². The predicted octanol–water partition coefficient (Wildman–Crippen LogP) is 2.00. The van der Waals surface area contributed by atoms with Gasteiger partial charge in [0, 0.05) is 12.1 Å². The normalized spacial score (nSPS) is 22.1. The molecule has 5 nitrogen and oxygen atoms in total. The van der Waals surface area contributed by atoms with Gasteiger partial charge in [0.15, 0.2) is 11.5 Å². The number of hydrogen-bond donors (Lipinski definition) is 1. The third kappa shape index (κ3) is 2.87. The summed E-state index contributed by atoms with van der Waals surface area (Å²) in [7, 11) is 4.68. The van der Waals surface area contributed by atoms with E-state index in [0.29, 0.717) is 23.0 Å². The SMILES string of the molecule is COc1cc(OC2CCCC2O)cc(OC)c1OC. The lowest BCUT2D eigenvalue weighted by atomic mass is 10.2. The van der Waals surface area contributed by atoms with Gasteiger partial charge in [0.2, 0.25) is 5.75 Å². The van der Waals surface area contributed by atoms with Gasteiger partial charge in [-0.05, 0) is 19.3 Å². The Hall–Kier alpha value is -1.62. The van der Waals surface area contributed by atoms with E-state index < -0.39 is 6.10 Å². The second-order valence-corrected chi connectivity index (χ2v) is 4.52. The van der Waals surface area contributed by atoms with Crippen LogP contribution < -0.4 is 18.9 Å². The minimum absolute atomic E-state index is 0.164. The highest BCUT2D eigenvalue weighted by molar-refractivity contribution is 5.55. The van der Waals surface area contributed by atoms with Gasteiger partial charge in [-0.1, -0.05) is 0 Å². The summed E-state index contributed by atoms with van der Waals surface area (Å²) in [5.74, 6) is 2.23. The summed E-state index contributed by atoms with van der Waals surface area (Å²) >= 11 is 0. The van der Waals surface area contributed by atoms with Gasteiger partial charge >= 0.3 is 0 Å². The molecule has 1 N–H and O–H groups in total. The van der Waals surface area contributed by atoms with Crippen molar-refractivity contribution in [3.63, 3.8) is 0 Å². The van der Waals surface area contributed by atoms with Gasteiger partial charge in [-0.2, -0.15) is 0 Å². The molecule has 1 aromatic rings. The van der Waals surface area contributed by atoms with E-state index in [-0.39, 0.29) is 6.10 Å². The van der Waals surface area contributed by atoms with Gasteiger partial charge in [-0.3, -0.25) is 0 Å². The van der Waals surface area contributed by atoms with Gasteiger partial charge in [0.05, 0.1) is 27.4 Å². The molecule has 1 saturated carbocycles. The van der Waals surface area contributed by atoms with Crippen LogP contribution in [0.15, 0.2) is 12.1 Å². The van der Waals surface area contributed by atoms with E-state index in [4.69, 9.17) is 18.9 Å². The van der Waals surface area contributed by atoms with Crippen LogP contribution in [0, 0.1) is 0 Å². The summed E-state index contributed by atoms with van der Waals surface area (Å²) in [5, 5.41) is 9.79. The molecule has 0 amide bonds. The van der Waals surface area contributed by atoms with E-state index in [1.807, 2.05) is 0 Å². The molecule has 0 radical (unpaired) electrons. The fourth-order valence-electron chi connectivity index (χ4n) is 2.34. The first-order valence-corrected chi connectivity index (χ1v) is 6.34. The fourth-order valence-corrected chi connectivity index (χ4v) is 2.34. The van der Waals surface area contributed by atoms with E-state index in [2.05, 4.69) is 0 Å². The lowest BCUT2D eigenvalue weighted by molar-refractivity contribution is 0.0600. The zero-order chi connectivity index (χ0) is 13.8. The van der Waals surface area contributed by atoms with Crippen LogP contribution >= 0.6 is 0 Å². The van der Waals surface area contributed by atoms with Crippen molar-refractivity contribution in [3.8, 4) is 23.0 Å². The second-order valence-electron chi connectivity index (χ2n) is 4.52. The monoisotopic (exact) mass is 268 g/mol. The molecule has 0 aromatic heterocycles. The summed E-state index contributed by atoms with van der Waals surface area (Å²) in [6, 6.07) is 3.48. The Morgan fingerprint density at radius 1 is 1.00 bits per heavy atom. The van der Waals surface area contributed by atoms with Crippen LogP contribution in [0.2, 0.25) is 0 Å². The van der Waals surface area contributed by atoms with Gasteiger partial charge in [0.25, 0.3) is 0 Å². The lowest BCUT2D eigenvalue weighted by Crippen LogP contribution is -2.25. The van der Waals surface area contributed by atoms with Crippen LogP contribution in [0.1, 0.15) is 19.3 Å². The molecular formula is C14H20O5. The smallest absolute Gasteiger partial charge is 0.203 e. The number of aliphatic hydroxyl groups excluding tert-OH is 1. The Morgan fingerprint density at radius 2 is 1.63 bits per heavy atom. The van der Waals surface area contributed by atoms with Crippen molar-refractivity contribution in [1.82, 2.24) is 0 Å². The van der Waals surface area contributed by atoms with E-state index >= 15 is 0 Å². The molecule has 0 bridgehead atoms. The number of rotatable bonds is 5. The zero-order valence-electron chi connectivity index (χ0n) is 11.5. The second kappa shape index (κ2) is 6.02. The zero-order valence-corrected chi connectivity index (χ0v) is 11.5. The number of ether oxygens (including phenoxy) is 4. The van der Waals surface area contributed by atoms with Crippen molar-refractivity contribution in [2.24, 2.45) is 0 Å². The fraction of sp³-hybridized carbons (Fsp3) is 0.571. The topological polar surface area (TPSA) is 57.2 Å². The molecule has 19 heavy (non-hydrogen) atoms. The summed E-state index contributed by atoms with van der Waals surface area (Å²) in [5.41, 5.74) is 0. The van der Waals surface area contributed by atoms with Crippen molar-refractivity contribution in [1.29, 1.82) is 0 Å². The summed E-state index contributed by atoms with van der Waals surface area (Å²) in [6.45, 7) is 0. The maximum absolute atomic E-state index is 9.79. The molecule has 2 atom stereocenters. The molecule has 0 heterocycles. The molecule has 5 heteroatoms. The van der Waals surface area contributed by atoms with E-state index in [1.165, 1.54) is 0 Å². The van der Waals surface area contributed by atoms with Crippen molar-refractivity contribution in [2.45, 2.75) is 31.5 Å². The quantitative estimate of drug-likeness (QED) is 0.885. The predicted molar refractivity (Wildman–Crippen MR) is 70.4 cm³/mol. The van der Waals surface area contributed by atoms with Gasteiger partial charge in [0.1, 0.15) is 11.9 Å². The van der Waals surface area contributed by atoms with Crippen molar-refractivity contribution < 1.29 is 24.1 Å². The van der Waals surface area contributed by atoms with Crippen LogP contribution in [-0.4, -0.2) is 38.6 Å². The maximum atomic E-state index is 9.79. The number of hydrogen-bond acceptors (Lipinski definition) is 5. The average Bonchev–Trinajstić information content (AvgIpc) is 2.83. The highest BCUT2D eigenvalue weighted by atomic mass is 16.5. The first-order valence-electron chi connectivity index (χ1n) is 6.34. The van der Waals surface area contributed by atoms with Gasteiger partial charge in [-0.15, -0.1) is 0 Å². The molecule has 1 aliphatic rings. The first kappa shape index (κ1) is 13.8. The number of aliphatic hydroxyl groups is 1. The third-order valence-electron chi connectivity index (χ3n) is 3.34.